The predicted octanol–water partition coefficient (Wildman–Crippen LogP) is 2.97. The number of carbonyl (C=O) groups excluding carboxylic acids is 1. The van der Waals surface area contributed by atoms with E-state index in [9.17, 15) is 4.79 Å². The van der Waals surface area contributed by atoms with Gasteiger partial charge < -0.3 is 15.1 Å². The summed E-state index contributed by atoms with van der Waals surface area (Å²) in [5.74, 6) is -0.525. The van der Waals surface area contributed by atoms with Crippen molar-refractivity contribution in [3.63, 3.8) is 0 Å². The SMILES string of the molecule is CON=Cc1ccc2c(c1)c1c(n2Cc2ccccn2)C(C(N)=O)CCC1. The summed E-state index contributed by atoms with van der Waals surface area (Å²) in [7, 11) is 1.53. The fraction of sp³-hybridized carbons (Fsp3) is 0.286. The number of amides is 1. The standard InChI is InChI=1S/C21H22N4O2/c1-27-24-12-14-8-9-19-18(11-14)16-6-4-7-17(21(22)26)20(16)25(19)13-15-5-2-3-10-23-15/h2-3,5,8-12,17H,4,6-7,13H2,1H3,(H2,22,26). The molecule has 0 saturated heterocycles. The molecule has 2 aromatic heterocycles. The highest BCUT2D eigenvalue weighted by Crippen LogP contribution is 2.39. The van der Waals surface area contributed by atoms with Crippen molar-refractivity contribution in [2.24, 2.45) is 10.9 Å². The van der Waals surface area contributed by atoms with Crippen LogP contribution in [-0.2, 0) is 22.6 Å². The first-order chi connectivity index (χ1) is 13.2. The minimum atomic E-state index is -0.263. The van der Waals surface area contributed by atoms with E-state index in [1.807, 2.05) is 24.3 Å². The number of nitrogens with two attached hydrogens (primary N) is 1. The molecule has 2 N–H and O–H groups in total. The maximum absolute atomic E-state index is 12.2. The molecule has 0 fully saturated rings. The molecule has 0 aliphatic heterocycles. The van der Waals surface area contributed by atoms with Gasteiger partial charge in [-0.2, -0.15) is 0 Å². The molecule has 1 atom stereocenters. The first-order valence-corrected chi connectivity index (χ1v) is 9.10. The topological polar surface area (TPSA) is 82.5 Å². The third kappa shape index (κ3) is 3.18. The third-order valence-corrected chi connectivity index (χ3v) is 5.18. The second-order valence-corrected chi connectivity index (χ2v) is 6.81. The maximum atomic E-state index is 12.2. The molecule has 27 heavy (non-hydrogen) atoms. The van der Waals surface area contributed by atoms with Gasteiger partial charge in [0.05, 0.1) is 24.4 Å². The number of carbonyl (C=O) groups is 1. The smallest absolute Gasteiger partial charge is 0.226 e. The van der Waals surface area contributed by atoms with Crippen LogP contribution in [0, 0.1) is 0 Å². The van der Waals surface area contributed by atoms with E-state index in [0.717, 1.165) is 47.1 Å². The molecule has 1 unspecified atom stereocenters. The van der Waals surface area contributed by atoms with Gasteiger partial charge in [-0.05, 0) is 54.7 Å². The van der Waals surface area contributed by atoms with Gasteiger partial charge in [0.15, 0.2) is 0 Å². The molecule has 6 nitrogen and oxygen atoms in total. The number of fused-ring (bicyclic) bond motifs is 3. The summed E-state index contributed by atoms with van der Waals surface area (Å²) in [6, 6.07) is 12.1. The molecule has 1 aliphatic rings. The Hall–Kier alpha value is -3.15. The molecule has 0 saturated carbocycles. The van der Waals surface area contributed by atoms with Gasteiger partial charge in [-0.1, -0.05) is 17.3 Å². The van der Waals surface area contributed by atoms with Crippen LogP contribution in [0.3, 0.4) is 0 Å². The Balaban J connectivity index is 1.92. The molecule has 1 aliphatic carbocycles. The highest BCUT2D eigenvalue weighted by molar-refractivity contribution is 5.94. The van der Waals surface area contributed by atoms with Gasteiger partial charge in [0.2, 0.25) is 5.91 Å². The summed E-state index contributed by atoms with van der Waals surface area (Å²) < 4.78 is 2.21. The van der Waals surface area contributed by atoms with Crippen molar-refractivity contribution in [3.05, 3.63) is 65.1 Å². The average molecular weight is 362 g/mol. The summed E-state index contributed by atoms with van der Waals surface area (Å²) in [6.07, 6.45) is 6.17. The van der Waals surface area contributed by atoms with Crippen molar-refractivity contribution in [2.45, 2.75) is 31.7 Å². The lowest BCUT2D eigenvalue weighted by Crippen LogP contribution is -2.27. The van der Waals surface area contributed by atoms with Crippen LogP contribution < -0.4 is 5.73 Å². The molecule has 0 radical (unpaired) electrons. The molecule has 0 spiro atoms. The number of hydrogen-bond donors (Lipinski definition) is 1. The molecule has 0 bridgehead atoms. The number of primary amides is 1. The second kappa shape index (κ2) is 7.23. The number of pyridine rings is 1. The molecule has 1 aromatic carbocycles. The van der Waals surface area contributed by atoms with Gasteiger partial charge in [-0.15, -0.1) is 0 Å². The molecular weight excluding hydrogens is 340 g/mol. The molecule has 3 aromatic rings. The average Bonchev–Trinajstić information content (AvgIpc) is 3.00. The number of nitrogens with zero attached hydrogens (tertiary/aromatic N) is 3. The normalized spacial score (nSPS) is 16.6. The Morgan fingerprint density at radius 1 is 1.41 bits per heavy atom. The van der Waals surface area contributed by atoms with Crippen molar-refractivity contribution < 1.29 is 9.63 Å². The molecule has 1 amide bonds. The number of rotatable bonds is 5. The van der Waals surface area contributed by atoms with Gasteiger partial charge in [0, 0.05) is 22.8 Å². The van der Waals surface area contributed by atoms with Crippen LogP contribution >= 0.6 is 0 Å². The van der Waals surface area contributed by atoms with E-state index in [-0.39, 0.29) is 11.8 Å². The summed E-state index contributed by atoms with van der Waals surface area (Å²) in [4.78, 5) is 21.4. The van der Waals surface area contributed by atoms with Crippen molar-refractivity contribution in [3.8, 4) is 0 Å². The minimum Gasteiger partial charge on any atom is -0.399 e. The maximum Gasteiger partial charge on any atom is 0.226 e. The number of oxime groups is 1. The highest BCUT2D eigenvalue weighted by atomic mass is 16.6. The lowest BCUT2D eigenvalue weighted by Gasteiger charge is -2.23. The largest absolute Gasteiger partial charge is 0.399 e. The van der Waals surface area contributed by atoms with E-state index in [4.69, 9.17) is 10.6 Å². The Bertz CT molecular complexity index is 1010. The summed E-state index contributed by atoms with van der Waals surface area (Å²) in [5, 5.41) is 5.01. The van der Waals surface area contributed by atoms with Crippen LogP contribution in [0.4, 0.5) is 0 Å². The van der Waals surface area contributed by atoms with Crippen LogP contribution in [0.15, 0.2) is 47.8 Å². The van der Waals surface area contributed by atoms with E-state index in [0.29, 0.717) is 6.54 Å². The fourth-order valence-corrected chi connectivity index (χ4v) is 4.04. The fourth-order valence-electron chi connectivity index (χ4n) is 4.04. The van der Waals surface area contributed by atoms with Crippen molar-refractivity contribution in [1.82, 2.24) is 9.55 Å². The van der Waals surface area contributed by atoms with Crippen molar-refractivity contribution in [1.29, 1.82) is 0 Å². The minimum absolute atomic E-state index is 0.262. The monoisotopic (exact) mass is 362 g/mol. The third-order valence-electron chi connectivity index (χ3n) is 5.18. The second-order valence-electron chi connectivity index (χ2n) is 6.81. The van der Waals surface area contributed by atoms with Crippen LogP contribution in [0.2, 0.25) is 0 Å². The molecule has 6 heteroatoms. The van der Waals surface area contributed by atoms with Gasteiger partial charge in [0.1, 0.15) is 7.11 Å². The van der Waals surface area contributed by atoms with E-state index >= 15 is 0 Å². The Labute approximate surface area is 157 Å². The van der Waals surface area contributed by atoms with Crippen LogP contribution in [0.5, 0.6) is 0 Å². The zero-order valence-electron chi connectivity index (χ0n) is 15.3. The first-order valence-electron chi connectivity index (χ1n) is 9.10. The summed E-state index contributed by atoms with van der Waals surface area (Å²) in [6.45, 7) is 0.613. The van der Waals surface area contributed by atoms with E-state index in [2.05, 4.69) is 26.8 Å². The van der Waals surface area contributed by atoms with Crippen LogP contribution in [-0.4, -0.2) is 28.8 Å². The van der Waals surface area contributed by atoms with Crippen LogP contribution in [0.1, 0.15) is 41.3 Å². The van der Waals surface area contributed by atoms with Gasteiger partial charge >= 0.3 is 0 Å². The number of hydrogen-bond acceptors (Lipinski definition) is 4. The predicted molar refractivity (Wildman–Crippen MR) is 105 cm³/mol. The van der Waals surface area contributed by atoms with E-state index in [1.54, 1.807) is 12.4 Å². The quantitative estimate of drug-likeness (QED) is 0.559. The van der Waals surface area contributed by atoms with Crippen molar-refractivity contribution in [2.75, 3.05) is 7.11 Å². The summed E-state index contributed by atoms with van der Waals surface area (Å²) in [5.41, 5.74) is 11.0. The molecule has 138 valence electrons. The van der Waals surface area contributed by atoms with E-state index in [1.165, 1.54) is 12.7 Å². The first kappa shape index (κ1) is 17.3. The van der Waals surface area contributed by atoms with Gasteiger partial charge in [-0.25, -0.2) is 0 Å². The Morgan fingerprint density at radius 2 is 2.30 bits per heavy atom. The lowest BCUT2D eigenvalue weighted by atomic mass is 9.86. The Morgan fingerprint density at radius 3 is 3.04 bits per heavy atom. The number of aryl methyl sites for hydroxylation is 1. The van der Waals surface area contributed by atoms with Gasteiger partial charge in [-0.3, -0.25) is 9.78 Å². The summed E-state index contributed by atoms with van der Waals surface area (Å²) >= 11 is 0. The van der Waals surface area contributed by atoms with E-state index < -0.39 is 0 Å². The van der Waals surface area contributed by atoms with Gasteiger partial charge in [0.25, 0.3) is 0 Å². The lowest BCUT2D eigenvalue weighted by molar-refractivity contribution is -0.119. The van der Waals surface area contributed by atoms with Crippen molar-refractivity contribution >= 4 is 23.0 Å². The zero-order valence-corrected chi connectivity index (χ0v) is 15.3. The molecule has 2 heterocycles. The molecule has 4 rings (SSSR count). The van der Waals surface area contributed by atoms with Crippen LogP contribution in [0.25, 0.3) is 10.9 Å². The highest BCUT2D eigenvalue weighted by Gasteiger charge is 2.31. The zero-order chi connectivity index (χ0) is 18.8. The Kier molecular flexibility index (Phi) is 4.62. The number of aromatic nitrogens is 2. The number of benzene rings is 1. The molecular formula is C21H22N4O2.